The van der Waals surface area contributed by atoms with Crippen LogP contribution < -0.4 is 4.74 Å². The number of aromatic hydroxyl groups is 1. The fourth-order valence-corrected chi connectivity index (χ4v) is 2.81. The summed E-state index contributed by atoms with van der Waals surface area (Å²) in [5.41, 5.74) is 3.00. The zero-order chi connectivity index (χ0) is 18.6. The molecule has 0 bridgehead atoms. The van der Waals surface area contributed by atoms with Crippen molar-refractivity contribution in [3.8, 4) is 22.8 Å². The SMILES string of the molecule is CCOc1ccc(-c2nc3ccccn3c2N=Nc2cccc(O)c2)cc1. The molecule has 0 aliphatic heterocycles. The average molecular weight is 358 g/mol. The van der Waals surface area contributed by atoms with Crippen LogP contribution in [0.3, 0.4) is 0 Å². The van der Waals surface area contributed by atoms with E-state index in [1.807, 2.05) is 60.0 Å². The van der Waals surface area contributed by atoms with Crippen LogP contribution in [-0.2, 0) is 0 Å². The van der Waals surface area contributed by atoms with E-state index >= 15 is 0 Å². The Bertz CT molecular complexity index is 1100. The van der Waals surface area contributed by atoms with Crippen LogP contribution in [-0.4, -0.2) is 21.1 Å². The van der Waals surface area contributed by atoms with E-state index in [2.05, 4.69) is 10.2 Å². The quantitative estimate of drug-likeness (QED) is 0.477. The van der Waals surface area contributed by atoms with Crippen LogP contribution in [0.4, 0.5) is 11.5 Å². The molecule has 4 aromatic rings. The van der Waals surface area contributed by atoms with Gasteiger partial charge < -0.3 is 9.84 Å². The third kappa shape index (κ3) is 3.50. The normalized spacial score (nSPS) is 11.3. The first-order valence-electron chi connectivity index (χ1n) is 8.65. The number of hydrogen-bond donors (Lipinski definition) is 1. The van der Waals surface area contributed by atoms with E-state index in [0.717, 1.165) is 22.7 Å². The lowest BCUT2D eigenvalue weighted by Gasteiger charge is -2.04. The minimum Gasteiger partial charge on any atom is -0.508 e. The molecule has 27 heavy (non-hydrogen) atoms. The van der Waals surface area contributed by atoms with Gasteiger partial charge in [0.25, 0.3) is 0 Å². The summed E-state index contributed by atoms with van der Waals surface area (Å²) in [6, 6.07) is 20.2. The molecule has 1 N–H and O–H groups in total. The van der Waals surface area contributed by atoms with Gasteiger partial charge in [-0.05, 0) is 55.5 Å². The molecule has 0 aliphatic carbocycles. The molecule has 0 unspecified atom stereocenters. The summed E-state index contributed by atoms with van der Waals surface area (Å²) in [6.45, 7) is 2.58. The topological polar surface area (TPSA) is 71.5 Å². The van der Waals surface area contributed by atoms with Crippen molar-refractivity contribution in [3.63, 3.8) is 0 Å². The molecule has 0 saturated heterocycles. The maximum absolute atomic E-state index is 9.61. The predicted molar refractivity (Wildman–Crippen MR) is 104 cm³/mol. The van der Waals surface area contributed by atoms with E-state index < -0.39 is 0 Å². The van der Waals surface area contributed by atoms with Crippen molar-refractivity contribution in [2.45, 2.75) is 6.92 Å². The van der Waals surface area contributed by atoms with E-state index in [-0.39, 0.29) is 5.75 Å². The summed E-state index contributed by atoms with van der Waals surface area (Å²) in [4.78, 5) is 4.71. The molecule has 2 heterocycles. The fourth-order valence-electron chi connectivity index (χ4n) is 2.81. The molecule has 6 nitrogen and oxygen atoms in total. The van der Waals surface area contributed by atoms with Crippen LogP contribution in [0.1, 0.15) is 6.92 Å². The van der Waals surface area contributed by atoms with Crippen molar-refractivity contribution in [1.29, 1.82) is 0 Å². The van der Waals surface area contributed by atoms with Gasteiger partial charge >= 0.3 is 0 Å². The molecule has 0 fully saturated rings. The van der Waals surface area contributed by atoms with Crippen molar-refractivity contribution >= 4 is 17.2 Å². The third-order valence-electron chi connectivity index (χ3n) is 4.03. The Morgan fingerprint density at radius 1 is 1.00 bits per heavy atom. The Balaban J connectivity index is 1.79. The van der Waals surface area contributed by atoms with Crippen LogP contribution >= 0.6 is 0 Å². The highest BCUT2D eigenvalue weighted by atomic mass is 16.5. The van der Waals surface area contributed by atoms with Gasteiger partial charge in [-0.15, -0.1) is 10.2 Å². The first kappa shape index (κ1) is 16.8. The van der Waals surface area contributed by atoms with Gasteiger partial charge in [-0.2, -0.15) is 0 Å². The zero-order valence-electron chi connectivity index (χ0n) is 14.8. The van der Waals surface area contributed by atoms with Gasteiger partial charge in [-0.1, -0.05) is 12.1 Å². The molecule has 2 aromatic carbocycles. The molecule has 0 atom stereocenters. The van der Waals surface area contributed by atoms with E-state index in [1.54, 1.807) is 24.3 Å². The molecule has 4 rings (SSSR count). The van der Waals surface area contributed by atoms with Gasteiger partial charge in [0.15, 0.2) is 5.82 Å². The van der Waals surface area contributed by atoms with Crippen LogP contribution in [0.2, 0.25) is 0 Å². The number of azo groups is 1. The molecular weight excluding hydrogens is 340 g/mol. The maximum atomic E-state index is 9.61. The summed E-state index contributed by atoms with van der Waals surface area (Å²) in [5.74, 6) is 1.59. The molecule has 2 aromatic heterocycles. The van der Waals surface area contributed by atoms with E-state index in [1.165, 1.54) is 0 Å². The average Bonchev–Trinajstić information content (AvgIpc) is 3.06. The molecule has 134 valence electrons. The van der Waals surface area contributed by atoms with E-state index in [0.29, 0.717) is 18.1 Å². The van der Waals surface area contributed by atoms with Gasteiger partial charge in [0.05, 0.1) is 12.3 Å². The maximum Gasteiger partial charge on any atom is 0.187 e. The largest absolute Gasteiger partial charge is 0.508 e. The van der Waals surface area contributed by atoms with E-state index in [9.17, 15) is 5.11 Å². The number of phenols is 1. The van der Waals surface area contributed by atoms with Crippen molar-refractivity contribution in [1.82, 2.24) is 9.38 Å². The summed E-state index contributed by atoms with van der Waals surface area (Å²) >= 11 is 0. The highest BCUT2D eigenvalue weighted by molar-refractivity contribution is 5.74. The number of hydrogen-bond acceptors (Lipinski definition) is 5. The summed E-state index contributed by atoms with van der Waals surface area (Å²) in [7, 11) is 0. The molecule has 6 heteroatoms. The van der Waals surface area contributed by atoms with E-state index in [4.69, 9.17) is 9.72 Å². The molecule has 0 saturated carbocycles. The second-order valence-corrected chi connectivity index (χ2v) is 5.89. The Labute approximate surface area is 156 Å². The Morgan fingerprint density at radius 3 is 2.63 bits per heavy atom. The lowest BCUT2D eigenvalue weighted by Crippen LogP contribution is -1.90. The lowest BCUT2D eigenvalue weighted by molar-refractivity contribution is 0.340. The molecular formula is C21H18N4O2. The van der Waals surface area contributed by atoms with Crippen molar-refractivity contribution in [3.05, 3.63) is 72.9 Å². The van der Waals surface area contributed by atoms with Gasteiger partial charge in [-0.25, -0.2) is 4.98 Å². The lowest BCUT2D eigenvalue weighted by atomic mass is 10.1. The smallest absolute Gasteiger partial charge is 0.187 e. The Hall–Kier alpha value is -3.67. The Morgan fingerprint density at radius 2 is 1.85 bits per heavy atom. The van der Waals surface area contributed by atoms with Crippen molar-refractivity contribution < 1.29 is 9.84 Å². The molecule has 0 aliphatic rings. The zero-order valence-corrected chi connectivity index (χ0v) is 14.8. The number of ether oxygens (including phenoxy) is 1. The van der Waals surface area contributed by atoms with Crippen molar-refractivity contribution in [2.75, 3.05) is 6.61 Å². The standard InChI is InChI=1S/C21H18N4O2/c1-2-27-18-11-9-15(10-12-18)20-21(25-13-4-3-8-19(25)22-20)24-23-16-6-5-7-17(26)14-16/h3-14,26H,2H2,1H3. The second-order valence-electron chi connectivity index (χ2n) is 5.89. The number of fused-ring (bicyclic) bond motifs is 1. The minimum atomic E-state index is 0.149. The third-order valence-corrected chi connectivity index (χ3v) is 4.03. The van der Waals surface area contributed by atoms with Gasteiger partial charge in [-0.3, -0.25) is 4.40 Å². The predicted octanol–water partition coefficient (Wildman–Crippen LogP) is 5.52. The summed E-state index contributed by atoms with van der Waals surface area (Å²) in [6.07, 6.45) is 1.90. The number of nitrogens with zero attached hydrogens (tertiary/aromatic N) is 4. The highest BCUT2D eigenvalue weighted by Crippen LogP contribution is 2.33. The van der Waals surface area contributed by atoms with Crippen molar-refractivity contribution in [2.24, 2.45) is 10.2 Å². The molecule has 0 amide bonds. The van der Waals surface area contributed by atoms with Crippen LogP contribution in [0.15, 0.2) is 83.2 Å². The van der Waals surface area contributed by atoms with Gasteiger partial charge in [0.1, 0.15) is 22.8 Å². The monoisotopic (exact) mass is 358 g/mol. The number of rotatable bonds is 5. The number of imidazole rings is 1. The number of benzene rings is 2. The van der Waals surface area contributed by atoms with Gasteiger partial charge in [0, 0.05) is 17.8 Å². The first-order valence-corrected chi connectivity index (χ1v) is 8.65. The minimum absolute atomic E-state index is 0.149. The number of phenolic OH excluding ortho intramolecular Hbond substituents is 1. The highest BCUT2D eigenvalue weighted by Gasteiger charge is 2.14. The molecule has 0 radical (unpaired) electrons. The second kappa shape index (κ2) is 7.29. The first-order chi connectivity index (χ1) is 13.2. The van der Waals surface area contributed by atoms with Crippen LogP contribution in [0.25, 0.3) is 16.9 Å². The molecule has 0 spiro atoms. The number of aromatic nitrogens is 2. The summed E-state index contributed by atoms with van der Waals surface area (Å²) < 4.78 is 7.40. The summed E-state index contributed by atoms with van der Waals surface area (Å²) in [5, 5.41) is 18.3. The van der Waals surface area contributed by atoms with Gasteiger partial charge in [0.2, 0.25) is 0 Å². The Kier molecular flexibility index (Phi) is 4.53. The van der Waals surface area contributed by atoms with Crippen LogP contribution in [0.5, 0.6) is 11.5 Å². The van der Waals surface area contributed by atoms with Crippen LogP contribution in [0, 0.1) is 0 Å². The fraction of sp³-hybridized carbons (Fsp3) is 0.0952. The number of pyridine rings is 1.